The quantitative estimate of drug-likeness (QED) is 0.667. The number of halogens is 1. The second-order valence-electron chi connectivity index (χ2n) is 3.84. The summed E-state index contributed by atoms with van der Waals surface area (Å²) < 4.78 is 13.9. The molecule has 0 atom stereocenters. The van der Waals surface area contributed by atoms with E-state index in [1.165, 1.54) is 0 Å². The number of benzene rings is 1. The molecular formula is C12H10FN. The van der Waals surface area contributed by atoms with E-state index in [0.717, 1.165) is 23.8 Å². The van der Waals surface area contributed by atoms with Crippen LogP contribution in [0.3, 0.4) is 0 Å². The number of hydrogen-bond donors (Lipinski definition) is 0. The van der Waals surface area contributed by atoms with Gasteiger partial charge in [-0.15, -0.1) is 0 Å². The van der Waals surface area contributed by atoms with Crippen LogP contribution < -0.4 is 0 Å². The van der Waals surface area contributed by atoms with Crippen molar-refractivity contribution < 1.29 is 4.39 Å². The minimum absolute atomic E-state index is 0.0487. The van der Waals surface area contributed by atoms with E-state index in [0.29, 0.717) is 11.3 Å². The summed E-state index contributed by atoms with van der Waals surface area (Å²) in [5.74, 6) is 0.417. The molecule has 0 aliphatic heterocycles. The maximum absolute atomic E-state index is 13.9. The third kappa shape index (κ3) is 1.10. The van der Waals surface area contributed by atoms with E-state index < -0.39 is 0 Å². The summed E-state index contributed by atoms with van der Waals surface area (Å²) in [7, 11) is 0. The molecule has 0 N–H and O–H groups in total. The fourth-order valence-corrected chi connectivity index (χ4v) is 1.86. The first kappa shape index (κ1) is 7.92. The average Bonchev–Trinajstić information content (AvgIpc) is 3.03. The summed E-state index contributed by atoms with van der Waals surface area (Å²) in [4.78, 5) is 3.98. The Labute approximate surface area is 81.6 Å². The normalized spacial score (nSPS) is 16.1. The molecule has 0 bridgehead atoms. The second kappa shape index (κ2) is 2.77. The van der Waals surface area contributed by atoms with Crippen molar-refractivity contribution in [2.45, 2.75) is 18.8 Å². The van der Waals surface area contributed by atoms with Gasteiger partial charge in [0, 0.05) is 23.2 Å². The van der Waals surface area contributed by atoms with Crippen LogP contribution in [0.1, 0.15) is 24.3 Å². The van der Waals surface area contributed by atoms with Crippen LogP contribution in [0.5, 0.6) is 0 Å². The zero-order valence-electron chi connectivity index (χ0n) is 7.70. The van der Waals surface area contributed by atoms with Gasteiger partial charge in [-0.05, 0) is 30.4 Å². The van der Waals surface area contributed by atoms with Crippen molar-refractivity contribution in [3.05, 3.63) is 42.0 Å². The highest BCUT2D eigenvalue weighted by molar-refractivity contribution is 5.83. The first-order chi connectivity index (χ1) is 6.86. The summed E-state index contributed by atoms with van der Waals surface area (Å²) >= 11 is 0. The minimum atomic E-state index is -0.0487. The lowest BCUT2D eigenvalue weighted by Crippen LogP contribution is -1.89. The van der Waals surface area contributed by atoms with Gasteiger partial charge >= 0.3 is 0 Å². The van der Waals surface area contributed by atoms with Crippen LogP contribution >= 0.6 is 0 Å². The number of rotatable bonds is 1. The standard InChI is InChI=1S/C12H10FN/c13-12-10(8-1-2-8)4-3-9-7-14-6-5-11(9)12/h3-8H,1-2H2. The number of pyridine rings is 1. The topological polar surface area (TPSA) is 12.9 Å². The van der Waals surface area contributed by atoms with E-state index in [-0.39, 0.29) is 5.82 Å². The summed E-state index contributed by atoms with van der Waals surface area (Å²) in [6.45, 7) is 0. The zero-order valence-corrected chi connectivity index (χ0v) is 7.70. The van der Waals surface area contributed by atoms with Crippen LogP contribution in [-0.2, 0) is 0 Å². The molecule has 0 unspecified atom stereocenters. The Balaban J connectivity index is 2.30. The smallest absolute Gasteiger partial charge is 0.134 e. The molecule has 1 heterocycles. The van der Waals surface area contributed by atoms with Crippen molar-refractivity contribution in [3.8, 4) is 0 Å². The molecule has 1 aromatic carbocycles. The first-order valence-electron chi connectivity index (χ1n) is 4.88. The average molecular weight is 187 g/mol. The summed E-state index contributed by atoms with van der Waals surface area (Å²) in [5.41, 5.74) is 0.878. The number of aromatic nitrogens is 1. The van der Waals surface area contributed by atoms with Crippen molar-refractivity contribution >= 4 is 10.8 Å². The molecule has 0 amide bonds. The van der Waals surface area contributed by atoms with Gasteiger partial charge in [0.1, 0.15) is 5.82 Å². The Morgan fingerprint density at radius 2 is 2.07 bits per heavy atom. The van der Waals surface area contributed by atoms with Crippen LogP contribution in [0.4, 0.5) is 4.39 Å². The predicted octanol–water partition coefficient (Wildman–Crippen LogP) is 3.25. The molecule has 1 fully saturated rings. The molecule has 70 valence electrons. The molecule has 14 heavy (non-hydrogen) atoms. The molecule has 1 aliphatic rings. The Kier molecular flexibility index (Phi) is 1.57. The largest absolute Gasteiger partial charge is 0.264 e. The van der Waals surface area contributed by atoms with Crippen molar-refractivity contribution in [1.82, 2.24) is 4.98 Å². The lowest BCUT2D eigenvalue weighted by atomic mass is 10.0. The molecule has 2 aromatic rings. The zero-order chi connectivity index (χ0) is 9.54. The SMILES string of the molecule is Fc1c(C2CC2)ccc2cnccc12. The van der Waals surface area contributed by atoms with Crippen LogP contribution in [0.25, 0.3) is 10.8 Å². The number of fused-ring (bicyclic) bond motifs is 1. The highest BCUT2D eigenvalue weighted by Gasteiger charge is 2.26. The molecule has 0 spiro atoms. The molecule has 1 saturated carbocycles. The van der Waals surface area contributed by atoms with Crippen LogP contribution in [0.2, 0.25) is 0 Å². The van der Waals surface area contributed by atoms with Crippen molar-refractivity contribution in [2.24, 2.45) is 0 Å². The van der Waals surface area contributed by atoms with E-state index in [9.17, 15) is 4.39 Å². The summed E-state index contributed by atoms with van der Waals surface area (Å²) in [5, 5.41) is 1.58. The Hall–Kier alpha value is -1.44. The molecule has 0 radical (unpaired) electrons. The van der Waals surface area contributed by atoms with E-state index >= 15 is 0 Å². The first-order valence-corrected chi connectivity index (χ1v) is 4.88. The monoisotopic (exact) mass is 187 g/mol. The molecule has 1 nitrogen and oxygen atoms in total. The lowest BCUT2D eigenvalue weighted by molar-refractivity contribution is 0.623. The molecule has 1 aliphatic carbocycles. The molecule has 1 aromatic heterocycles. The van der Waals surface area contributed by atoms with Crippen molar-refractivity contribution in [2.75, 3.05) is 0 Å². The maximum atomic E-state index is 13.9. The van der Waals surface area contributed by atoms with Gasteiger partial charge in [0.2, 0.25) is 0 Å². The van der Waals surface area contributed by atoms with E-state index in [2.05, 4.69) is 4.98 Å². The van der Waals surface area contributed by atoms with Gasteiger partial charge in [0.05, 0.1) is 0 Å². The van der Waals surface area contributed by atoms with Gasteiger partial charge < -0.3 is 0 Å². The fraction of sp³-hybridized carbons (Fsp3) is 0.250. The highest BCUT2D eigenvalue weighted by atomic mass is 19.1. The van der Waals surface area contributed by atoms with Crippen molar-refractivity contribution in [1.29, 1.82) is 0 Å². The Bertz CT molecular complexity index is 489. The van der Waals surface area contributed by atoms with Gasteiger partial charge in [-0.25, -0.2) is 4.39 Å². The van der Waals surface area contributed by atoms with E-state index in [4.69, 9.17) is 0 Å². The van der Waals surface area contributed by atoms with E-state index in [1.807, 2.05) is 12.1 Å². The molecule has 3 rings (SSSR count). The minimum Gasteiger partial charge on any atom is -0.264 e. The van der Waals surface area contributed by atoms with E-state index in [1.54, 1.807) is 18.5 Å². The van der Waals surface area contributed by atoms with Gasteiger partial charge in [-0.2, -0.15) is 0 Å². The van der Waals surface area contributed by atoms with Gasteiger partial charge in [-0.1, -0.05) is 12.1 Å². The number of nitrogens with zero attached hydrogens (tertiary/aromatic N) is 1. The summed E-state index contributed by atoms with van der Waals surface area (Å²) in [6.07, 6.45) is 5.61. The van der Waals surface area contributed by atoms with Crippen LogP contribution in [0.15, 0.2) is 30.6 Å². The molecule has 2 heteroatoms. The van der Waals surface area contributed by atoms with Gasteiger partial charge in [-0.3, -0.25) is 4.98 Å². The molecule has 0 saturated heterocycles. The Morgan fingerprint density at radius 1 is 1.21 bits per heavy atom. The summed E-state index contributed by atoms with van der Waals surface area (Å²) in [6, 6.07) is 5.60. The van der Waals surface area contributed by atoms with Crippen LogP contribution in [0, 0.1) is 5.82 Å². The van der Waals surface area contributed by atoms with Crippen molar-refractivity contribution in [3.63, 3.8) is 0 Å². The third-order valence-corrected chi connectivity index (χ3v) is 2.80. The van der Waals surface area contributed by atoms with Crippen LogP contribution in [-0.4, -0.2) is 4.98 Å². The van der Waals surface area contributed by atoms with Gasteiger partial charge in [0.15, 0.2) is 0 Å². The molecular weight excluding hydrogens is 177 g/mol. The highest BCUT2D eigenvalue weighted by Crippen LogP contribution is 2.42. The fourth-order valence-electron chi connectivity index (χ4n) is 1.86. The lowest BCUT2D eigenvalue weighted by Gasteiger charge is -2.04. The van der Waals surface area contributed by atoms with Gasteiger partial charge in [0.25, 0.3) is 0 Å². The Morgan fingerprint density at radius 3 is 2.86 bits per heavy atom. The maximum Gasteiger partial charge on any atom is 0.134 e. The predicted molar refractivity (Wildman–Crippen MR) is 53.7 cm³/mol. The number of hydrogen-bond acceptors (Lipinski definition) is 1. The second-order valence-corrected chi connectivity index (χ2v) is 3.84. The third-order valence-electron chi connectivity index (χ3n) is 2.80.